The van der Waals surface area contributed by atoms with Crippen molar-refractivity contribution in [2.45, 2.75) is 12.2 Å². The van der Waals surface area contributed by atoms with Crippen molar-refractivity contribution in [3.63, 3.8) is 0 Å². The summed E-state index contributed by atoms with van der Waals surface area (Å²) in [5.41, 5.74) is 1.75. The molecule has 0 bridgehead atoms. The van der Waals surface area contributed by atoms with Crippen LogP contribution in [-0.4, -0.2) is 24.9 Å². The first-order valence-corrected chi connectivity index (χ1v) is 9.26. The fraction of sp³-hybridized carbons (Fsp3) is 0.278. The van der Waals surface area contributed by atoms with Gasteiger partial charge in [-0.15, -0.1) is 11.8 Å². The lowest BCUT2D eigenvalue weighted by Gasteiger charge is -2.10. The SMILES string of the molecule is O=C(CSCc1ccccc1Cl)Nc1ccc2c(c1)OCCCO2. The molecule has 0 spiro atoms. The second kappa shape index (κ2) is 8.31. The fourth-order valence-corrected chi connectivity index (χ4v) is 3.42. The smallest absolute Gasteiger partial charge is 0.234 e. The molecule has 1 aliphatic rings. The number of amides is 1. The van der Waals surface area contributed by atoms with Crippen molar-refractivity contribution < 1.29 is 14.3 Å². The Hall–Kier alpha value is -1.85. The maximum Gasteiger partial charge on any atom is 0.234 e. The molecule has 0 unspecified atom stereocenters. The van der Waals surface area contributed by atoms with E-state index in [0.717, 1.165) is 22.8 Å². The van der Waals surface area contributed by atoms with Crippen LogP contribution in [0.1, 0.15) is 12.0 Å². The number of carbonyl (C=O) groups excluding carboxylic acids is 1. The summed E-state index contributed by atoms with van der Waals surface area (Å²) < 4.78 is 11.2. The highest BCUT2D eigenvalue weighted by atomic mass is 35.5. The van der Waals surface area contributed by atoms with Crippen molar-refractivity contribution in [1.29, 1.82) is 0 Å². The Balaban J connectivity index is 1.52. The second-order valence-corrected chi connectivity index (χ2v) is 6.74. The van der Waals surface area contributed by atoms with E-state index in [9.17, 15) is 4.79 Å². The predicted octanol–water partition coefficient (Wildman–Crippen LogP) is 4.37. The highest BCUT2D eigenvalue weighted by molar-refractivity contribution is 7.99. The number of thioether (sulfide) groups is 1. The van der Waals surface area contributed by atoms with Gasteiger partial charge in [0.05, 0.1) is 19.0 Å². The van der Waals surface area contributed by atoms with Crippen molar-refractivity contribution in [2.24, 2.45) is 0 Å². The highest BCUT2D eigenvalue weighted by Crippen LogP contribution is 2.32. The number of ether oxygens (including phenoxy) is 2. The van der Waals surface area contributed by atoms with Crippen molar-refractivity contribution in [2.75, 3.05) is 24.3 Å². The molecule has 6 heteroatoms. The van der Waals surface area contributed by atoms with Crippen LogP contribution in [0.25, 0.3) is 0 Å². The van der Waals surface area contributed by atoms with E-state index in [4.69, 9.17) is 21.1 Å². The molecule has 126 valence electrons. The van der Waals surface area contributed by atoms with E-state index in [1.807, 2.05) is 36.4 Å². The standard InChI is InChI=1S/C18H18ClNO3S/c19-15-5-2-1-4-13(15)11-24-12-18(21)20-14-6-7-16-17(10-14)23-9-3-8-22-16/h1-2,4-7,10H,3,8-9,11-12H2,(H,20,21). The highest BCUT2D eigenvalue weighted by Gasteiger charge is 2.12. The molecule has 3 rings (SSSR count). The monoisotopic (exact) mass is 363 g/mol. The molecule has 1 N–H and O–H groups in total. The second-order valence-electron chi connectivity index (χ2n) is 5.34. The lowest BCUT2D eigenvalue weighted by Crippen LogP contribution is -2.14. The van der Waals surface area contributed by atoms with E-state index < -0.39 is 0 Å². The number of nitrogens with one attached hydrogen (secondary N) is 1. The fourth-order valence-electron chi connectivity index (χ4n) is 2.31. The normalized spacial score (nSPS) is 13.2. The van der Waals surface area contributed by atoms with E-state index >= 15 is 0 Å². The Kier molecular flexibility index (Phi) is 5.88. The minimum atomic E-state index is -0.0541. The van der Waals surface area contributed by atoms with Crippen LogP contribution in [0, 0.1) is 0 Å². The molecule has 0 atom stereocenters. The summed E-state index contributed by atoms with van der Waals surface area (Å²) in [5.74, 6) is 2.41. The van der Waals surface area contributed by atoms with Gasteiger partial charge in [0, 0.05) is 29.0 Å². The largest absolute Gasteiger partial charge is 0.490 e. The number of hydrogen-bond acceptors (Lipinski definition) is 4. The van der Waals surface area contributed by atoms with Gasteiger partial charge >= 0.3 is 0 Å². The maximum absolute atomic E-state index is 12.1. The molecule has 0 fully saturated rings. The van der Waals surface area contributed by atoms with Gasteiger partial charge in [0.1, 0.15) is 0 Å². The van der Waals surface area contributed by atoms with Crippen molar-refractivity contribution in [1.82, 2.24) is 0 Å². The van der Waals surface area contributed by atoms with Gasteiger partial charge in [-0.1, -0.05) is 29.8 Å². The van der Waals surface area contributed by atoms with E-state index in [0.29, 0.717) is 36.2 Å². The Morgan fingerprint density at radius 3 is 2.75 bits per heavy atom. The zero-order valence-corrected chi connectivity index (χ0v) is 14.7. The summed E-state index contributed by atoms with van der Waals surface area (Å²) in [5, 5.41) is 3.61. The lowest BCUT2D eigenvalue weighted by atomic mass is 10.2. The number of benzene rings is 2. The Bertz CT molecular complexity index is 723. The summed E-state index contributed by atoms with van der Waals surface area (Å²) >= 11 is 7.64. The molecule has 1 aliphatic heterocycles. The lowest BCUT2D eigenvalue weighted by molar-refractivity contribution is -0.113. The molecule has 0 saturated heterocycles. The first-order valence-electron chi connectivity index (χ1n) is 7.73. The van der Waals surface area contributed by atoms with Crippen LogP contribution >= 0.6 is 23.4 Å². The van der Waals surface area contributed by atoms with Gasteiger partial charge in [-0.05, 0) is 23.8 Å². The van der Waals surface area contributed by atoms with Crippen LogP contribution in [0.2, 0.25) is 5.02 Å². The van der Waals surface area contributed by atoms with Crippen LogP contribution in [-0.2, 0) is 10.5 Å². The number of hydrogen-bond donors (Lipinski definition) is 1. The third-order valence-corrected chi connectivity index (χ3v) is 4.83. The first kappa shape index (κ1) is 17.0. The van der Waals surface area contributed by atoms with Gasteiger partial charge in [0.25, 0.3) is 0 Å². The summed E-state index contributed by atoms with van der Waals surface area (Å²) in [4.78, 5) is 12.1. The van der Waals surface area contributed by atoms with Crippen molar-refractivity contribution in [3.8, 4) is 11.5 Å². The average molecular weight is 364 g/mol. The minimum absolute atomic E-state index is 0.0541. The van der Waals surface area contributed by atoms with Crippen LogP contribution < -0.4 is 14.8 Å². The summed E-state index contributed by atoms with van der Waals surface area (Å²) in [6, 6.07) is 13.1. The molecule has 0 radical (unpaired) electrons. The molecule has 1 amide bonds. The molecule has 4 nitrogen and oxygen atoms in total. The Morgan fingerprint density at radius 2 is 1.92 bits per heavy atom. The third kappa shape index (κ3) is 4.58. The number of carbonyl (C=O) groups is 1. The zero-order chi connectivity index (χ0) is 16.8. The zero-order valence-electron chi connectivity index (χ0n) is 13.1. The van der Waals surface area contributed by atoms with Gasteiger partial charge in [-0.2, -0.15) is 0 Å². The van der Waals surface area contributed by atoms with Crippen LogP contribution in [0.15, 0.2) is 42.5 Å². The molecule has 2 aromatic rings. The van der Waals surface area contributed by atoms with Gasteiger partial charge in [0.2, 0.25) is 5.91 Å². The van der Waals surface area contributed by atoms with E-state index in [1.165, 1.54) is 11.8 Å². The Morgan fingerprint density at radius 1 is 1.12 bits per heavy atom. The number of fused-ring (bicyclic) bond motifs is 1. The molecule has 2 aromatic carbocycles. The van der Waals surface area contributed by atoms with Crippen molar-refractivity contribution in [3.05, 3.63) is 53.1 Å². The topological polar surface area (TPSA) is 47.6 Å². The molecular weight excluding hydrogens is 346 g/mol. The first-order chi connectivity index (χ1) is 11.7. The molecule has 0 aromatic heterocycles. The quantitative estimate of drug-likeness (QED) is 0.856. The van der Waals surface area contributed by atoms with E-state index in [2.05, 4.69) is 5.32 Å². The number of anilines is 1. The van der Waals surface area contributed by atoms with Crippen molar-refractivity contribution >= 4 is 35.0 Å². The summed E-state index contributed by atoms with van der Waals surface area (Å²) in [7, 11) is 0. The number of halogens is 1. The van der Waals surface area contributed by atoms with E-state index in [-0.39, 0.29) is 5.91 Å². The van der Waals surface area contributed by atoms with Gasteiger partial charge < -0.3 is 14.8 Å². The third-order valence-electron chi connectivity index (χ3n) is 3.48. The van der Waals surface area contributed by atoms with Gasteiger partial charge in [-0.25, -0.2) is 0 Å². The molecule has 24 heavy (non-hydrogen) atoms. The van der Waals surface area contributed by atoms with Crippen LogP contribution in [0.5, 0.6) is 11.5 Å². The van der Waals surface area contributed by atoms with E-state index in [1.54, 1.807) is 6.07 Å². The van der Waals surface area contributed by atoms with Gasteiger partial charge in [0.15, 0.2) is 11.5 Å². The number of rotatable bonds is 5. The maximum atomic E-state index is 12.1. The van der Waals surface area contributed by atoms with Crippen LogP contribution in [0.4, 0.5) is 5.69 Å². The average Bonchev–Trinajstić information content (AvgIpc) is 2.81. The summed E-state index contributed by atoms with van der Waals surface area (Å²) in [6.45, 7) is 1.27. The minimum Gasteiger partial charge on any atom is -0.490 e. The molecule has 0 aliphatic carbocycles. The molecular formula is C18H18ClNO3S. The van der Waals surface area contributed by atoms with Crippen LogP contribution in [0.3, 0.4) is 0 Å². The molecule has 0 saturated carbocycles. The van der Waals surface area contributed by atoms with Gasteiger partial charge in [-0.3, -0.25) is 4.79 Å². The Labute approximate surface area is 150 Å². The summed E-state index contributed by atoms with van der Waals surface area (Å²) in [6.07, 6.45) is 0.856. The molecule has 1 heterocycles. The predicted molar refractivity (Wildman–Crippen MR) is 98.3 cm³/mol.